The fraction of sp³-hybridized carbons (Fsp3) is 0.778. The van der Waals surface area contributed by atoms with E-state index in [2.05, 4.69) is 31.0 Å². The second-order valence-electron chi connectivity index (χ2n) is 4.02. The molecule has 3 heteroatoms. The van der Waals surface area contributed by atoms with E-state index in [9.17, 15) is 0 Å². The summed E-state index contributed by atoms with van der Waals surface area (Å²) in [5.41, 5.74) is 1.11. The highest BCUT2D eigenvalue weighted by Crippen LogP contribution is 2.41. The first kappa shape index (κ1) is 7.77. The van der Waals surface area contributed by atoms with Gasteiger partial charge >= 0.3 is 0 Å². The van der Waals surface area contributed by atoms with E-state index in [1.54, 1.807) is 0 Å². The summed E-state index contributed by atoms with van der Waals surface area (Å²) in [4.78, 5) is 1.88. The molecule has 0 saturated heterocycles. The highest BCUT2D eigenvalue weighted by atomic mass is 15.5. The van der Waals surface area contributed by atoms with E-state index in [0.29, 0.717) is 12.0 Å². The molecule has 0 aromatic carbocycles. The molecule has 1 heterocycles. The molecule has 0 N–H and O–H groups in total. The molecular weight excluding hydrogens is 150 g/mol. The Labute approximate surface area is 72.8 Å². The number of hydrogen-bond acceptors (Lipinski definition) is 2. The van der Waals surface area contributed by atoms with Crippen molar-refractivity contribution >= 4 is 0 Å². The van der Waals surface area contributed by atoms with Gasteiger partial charge in [0, 0.05) is 0 Å². The van der Waals surface area contributed by atoms with Gasteiger partial charge in [-0.1, -0.05) is 20.8 Å². The van der Waals surface area contributed by atoms with Crippen molar-refractivity contribution in [3.63, 3.8) is 0 Å². The Hall–Kier alpha value is -0.860. The van der Waals surface area contributed by atoms with Gasteiger partial charge in [-0.25, -0.2) is 0 Å². The van der Waals surface area contributed by atoms with Crippen LogP contribution in [0.2, 0.25) is 0 Å². The Morgan fingerprint density at radius 3 is 2.67 bits per heavy atom. The smallest absolute Gasteiger partial charge is 0.0852 e. The van der Waals surface area contributed by atoms with E-state index >= 15 is 0 Å². The Kier molecular flexibility index (Phi) is 1.67. The molecule has 0 amide bonds. The highest BCUT2D eigenvalue weighted by molar-refractivity contribution is 4.99. The summed E-state index contributed by atoms with van der Waals surface area (Å²) < 4.78 is 0. The molecular formula is C9H15N3. The minimum atomic E-state index is 0.493. The maximum Gasteiger partial charge on any atom is 0.0852 e. The van der Waals surface area contributed by atoms with Crippen LogP contribution in [-0.4, -0.2) is 15.0 Å². The average Bonchev–Trinajstić information content (AvgIpc) is 2.59. The summed E-state index contributed by atoms with van der Waals surface area (Å²) in [5.74, 6) is 1.27. The molecule has 0 spiro atoms. The maximum absolute atomic E-state index is 4.43. The lowest BCUT2D eigenvalue weighted by Crippen LogP contribution is -2.01. The van der Waals surface area contributed by atoms with E-state index in [4.69, 9.17) is 0 Å². The molecule has 0 aliphatic heterocycles. The molecule has 2 rings (SSSR count). The van der Waals surface area contributed by atoms with Gasteiger partial charge < -0.3 is 0 Å². The third-order valence-electron chi connectivity index (χ3n) is 2.48. The lowest BCUT2D eigenvalue weighted by atomic mass is 10.2. The van der Waals surface area contributed by atoms with Crippen molar-refractivity contribution < 1.29 is 0 Å². The van der Waals surface area contributed by atoms with E-state index in [1.807, 2.05) is 11.0 Å². The van der Waals surface area contributed by atoms with E-state index in [-0.39, 0.29) is 0 Å². The van der Waals surface area contributed by atoms with Crippen molar-refractivity contribution in [1.29, 1.82) is 0 Å². The lowest BCUT2D eigenvalue weighted by molar-refractivity contribution is 0.520. The van der Waals surface area contributed by atoms with Gasteiger partial charge in [0.25, 0.3) is 0 Å². The van der Waals surface area contributed by atoms with E-state index < -0.39 is 0 Å². The Balaban J connectivity index is 2.14. The van der Waals surface area contributed by atoms with Gasteiger partial charge in [-0.05, 0) is 18.3 Å². The molecule has 1 unspecified atom stereocenters. The van der Waals surface area contributed by atoms with Gasteiger partial charge in [0.15, 0.2) is 0 Å². The van der Waals surface area contributed by atoms with Crippen LogP contribution in [0.4, 0.5) is 0 Å². The molecule has 1 aliphatic rings. The number of rotatable bonds is 2. The first-order valence-corrected chi connectivity index (χ1v) is 4.60. The molecule has 12 heavy (non-hydrogen) atoms. The molecule has 1 aromatic rings. The van der Waals surface area contributed by atoms with Crippen LogP contribution in [-0.2, 0) is 0 Å². The van der Waals surface area contributed by atoms with Crippen LogP contribution in [0.25, 0.3) is 0 Å². The first-order valence-electron chi connectivity index (χ1n) is 4.60. The molecule has 1 aliphatic carbocycles. The molecule has 1 saturated carbocycles. The highest BCUT2D eigenvalue weighted by Gasteiger charge is 2.36. The van der Waals surface area contributed by atoms with Gasteiger partial charge in [-0.2, -0.15) is 15.0 Å². The third-order valence-corrected chi connectivity index (χ3v) is 2.48. The van der Waals surface area contributed by atoms with Crippen LogP contribution >= 0.6 is 0 Å². The average molecular weight is 165 g/mol. The van der Waals surface area contributed by atoms with Gasteiger partial charge in [0.05, 0.1) is 17.9 Å². The normalized spacial score (nSPS) is 28.0. The minimum absolute atomic E-state index is 0.493. The van der Waals surface area contributed by atoms with Crippen LogP contribution in [0.15, 0.2) is 6.20 Å². The molecule has 1 fully saturated rings. The van der Waals surface area contributed by atoms with Gasteiger partial charge in [-0.15, -0.1) is 0 Å². The molecule has 2 atom stereocenters. The fourth-order valence-corrected chi connectivity index (χ4v) is 1.34. The van der Waals surface area contributed by atoms with Crippen molar-refractivity contribution in [2.45, 2.75) is 39.2 Å². The number of aromatic nitrogens is 3. The fourth-order valence-electron chi connectivity index (χ4n) is 1.34. The summed E-state index contributed by atoms with van der Waals surface area (Å²) in [7, 11) is 0. The van der Waals surface area contributed by atoms with Gasteiger partial charge in [-0.3, -0.25) is 0 Å². The van der Waals surface area contributed by atoms with Gasteiger partial charge in [0.2, 0.25) is 0 Å². The quantitative estimate of drug-likeness (QED) is 0.671. The zero-order valence-electron chi connectivity index (χ0n) is 7.86. The summed E-state index contributed by atoms with van der Waals surface area (Å²) in [6.07, 6.45) is 3.13. The van der Waals surface area contributed by atoms with Crippen LogP contribution in [0.1, 0.15) is 44.8 Å². The molecule has 0 bridgehead atoms. The van der Waals surface area contributed by atoms with Crippen LogP contribution < -0.4 is 0 Å². The Morgan fingerprint density at radius 1 is 1.58 bits per heavy atom. The SMILES string of the molecule is CC(C)c1cnn(C2C[C@@H]2C)n1. The van der Waals surface area contributed by atoms with Crippen molar-refractivity contribution in [3.05, 3.63) is 11.9 Å². The van der Waals surface area contributed by atoms with Crippen molar-refractivity contribution in [2.75, 3.05) is 0 Å². The van der Waals surface area contributed by atoms with E-state index in [0.717, 1.165) is 11.6 Å². The zero-order chi connectivity index (χ0) is 8.72. The first-order chi connectivity index (χ1) is 5.68. The topological polar surface area (TPSA) is 30.7 Å². The predicted molar refractivity (Wildman–Crippen MR) is 46.9 cm³/mol. The molecule has 1 aromatic heterocycles. The third kappa shape index (κ3) is 1.24. The monoisotopic (exact) mass is 165 g/mol. The largest absolute Gasteiger partial charge is 0.181 e. The van der Waals surface area contributed by atoms with Gasteiger partial charge in [0.1, 0.15) is 0 Å². The van der Waals surface area contributed by atoms with Crippen molar-refractivity contribution in [2.24, 2.45) is 5.92 Å². The van der Waals surface area contributed by atoms with E-state index in [1.165, 1.54) is 6.42 Å². The van der Waals surface area contributed by atoms with Crippen LogP contribution in [0.3, 0.4) is 0 Å². The zero-order valence-corrected chi connectivity index (χ0v) is 7.86. The van der Waals surface area contributed by atoms with Crippen molar-refractivity contribution in [3.8, 4) is 0 Å². The number of hydrogen-bond donors (Lipinski definition) is 0. The molecule has 0 radical (unpaired) electrons. The minimum Gasteiger partial charge on any atom is -0.181 e. The summed E-state index contributed by atoms with van der Waals surface area (Å²) in [5, 5.41) is 8.68. The lowest BCUT2D eigenvalue weighted by Gasteiger charge is -1.97. The predicted octanol–water partition coefficient (Wildman–Crippen LogP) is 1.98. The molecule has 66 valence electrons. The Bertz CT molecular complexity index is 277. The summed E-state index contributed by atoms with van der Waals surface area (Å²) in [6, 6.07) is 0.581. The van der Waals surface area contributed by atoms with Crippen molar-refractivity contribution in [1.82, 2.24) is 15.0 Å². The number of nitrogens with zero attached hydrogens (tertiary/aromatic N) is 3. The standard InChI is InChI=1S/C9H15N3/c1-6(2)8-5-10-12(11-8)9-4-7(9)3/h5-7,9H,4H2,1-3H3/t7-,9?/m0/s1. The summed E-state index contributed by atoms with van der Waals surface area (Å²) in [6.45, 7) is 6.53. The maximum atomic E-state index is 4.43. The second-order valence-corrected chi connectivity index (χ2v) is 4.02. The summed E-state index contributed by atoms with van der Waals surface area (Å²) >= 11 is 0. The van der Waals surface area contributed by atoms with Crippen LogP contribution in [0, 0.1) is 5.92 Å². The molecule has 3 nitrogen and oxygen atoms in total. The van der Waals surface area contributed by atoms with Crippen LogP contribution in [0.5, 0.6) is 0 Å². The Morgan fingerprint density at radius 2 is 2.25 bits per heavy atom. The second kappa shape index (κ2) is 2.57.